The summed E-state index contributed by atoms with van der Waals surface area (Å²) >= 11 is 0. The molecule has 10 nitrogen and oxygen atoms in total. The summed E-state index contributed by atoms with van der Waals surface area (Å²) in [5, 5.41) is 9.51. The number of benzene rings is 2. The quantitative estimate of drug-likeness (QED) is 0.194. The number of cyclic esters (lactones) is 1. The number of carbonyl (C=O) groups is 2. The van der Waals surface area contributed by atoms with Crippen LogP contribution < -0.4 is 9.64 Å². The van der Waals surface area contributed by atoms with Gasteiger partial charge in [0.15, 0.2) is 0 Å². The largest absolute Gasteiger partial charge is 0.496 e. The number of alkyl halides is 6. The number of aromatic carboxylic acids is 1. The molecule has 0 spiro atoms. The molecular formula is C33H29F6N5O5. The van der Waals surface area contributed by atoms with Gasteiger partial charge in [-0.2, -0.15) is 26.3 Å². The van der Waals surface area contributed by atoms with Crippen molar-refractivity contribution in [3.63, 3.8) is 0 Å². The number of hydrogen-bond donors (Lipinski definition) is 1. The Kier molecular flexibility index (Phi) is 8.44. The molecule has 1 amide bonds. The van der Waals surface area contributed by atoms with Crippen LogP contribution in [-0.2, 0) is 30.7 Å². The van der Waals surface area contributed by atoms with E-state index in [4.69, 9.17) is 14.5 Å². The number of aromatic nitrogens is 3. The molecule has 4 heterocycles. The zero-order chi connectivity index (χ0) is 35.4. The van der Waals surface area contributed by atoms with Crippen LogP contribution in [0.3, 0.4) is 0 Å². The van der Waals surface area contributed by atoms with Crippen molar-refractivity contribution in [1.82, 2.24) is 19.4 Å². The zero-order valence-corrected chi connectivity index (χ0v) is 26.3. The van der Waals surface area contributed by atoms with Gasteiger partial charge in [0.2, 0.25) is 0 Å². The number of methoxy groups -OCH3 is 1. The van der Waals surface area contributed by atoms with E-state index in [9.17, 15) is 41.0 Å². The van der Waals surface area contributed by atoms with Crippen molar-refractivity contribution in [3.8, 4) is 28.3 Å². The highest BCUT2D eigenvalue weighted by Gasteiger charge is 2.43. The molecule has 2 aromatic carbocycles. The van der Waals surface area contributed by atoms with Gasteiger partial charge in [-0.25, -0.2) is 19.6 Å². The predicted molar refractivity (Wildman–Crippen MR) is 163 cm³/mol. The molecule has 2 fully saturated rings. The van der Waals surface area contributed by atoms with Gasteiger partial charge < -0.3 is 24.0 Å². The van der Waals surface area contributed by atoms with E-state index in [-0.39, 0.29) is 18.3 Å². The molecule has 1 N–H and O–H groups in total. The number of carboxylic acid groups (broad SMARTS) is 1. The molecule has 16 heteroatoms. The smallest absolute Gasteiger partial charge is 0.416 e. The molecule has 2 atom stereocenters. The average Bonchev–Trinajstić information content (AvgIpc) is 3.53. The van der Waals surface area contributed by atoms with E-state index in [1.807, 2.05) is 4.90 Å². The number of carbonyl (C=O) groups excluding carboxylic acids is 1. The van der Waals surface area contributed by atoms with E-state index in [1.54, 1.807) is 37.4 Å². The van der Waals surface area contributed by atoms with E-state index >= 15 is 0 Å². The third-order valence-corrected chi connectivity index (χ3v) is 8.75. The number of pyridine rings is 1. The van der Waals surface area contributed by atoms with Crippen LogP contribution in [-0.4, -0.2) is 62.8 Å². The minimum absolute atomic E-state index is 0.0229. The molecule has 49 heavy (non-hydrogen) atoms. The maximum atomic E-state index is 13.6. The maximum absolute atomic E-state index is 13.6. The summed E-state index contributed by atoms with van der Waals surface area (Å²) in [4.78, 5) is 37.2. The molecule has 6 rings (SSSR count). The molecular weight excluding hydrogens is 660 g/mol. The summed E-state index contributed by atoms with van der Waals surface area (Å²) in [7, 11) is 3.02. The normalized spacial score (nSPS) is 18.0. The first-order chi connectivity index (χ1) is 23.1. The van der Waals surface area contributed by atoms with Crippen molar-refractivity contribution < 1.29 is 50.5 Å². The van der Waals surface area contributed by atoms with Crippen LogP contribution >= 0.6 is 0 Å². The second kappa shape index (κ2) is 12.3. The number of anilines is 1. The van der Waals surface area contributed by atoms with Crippen molar-refractivity contribution in [2.24, 2.45) is 7.05 Å². The Balaban J connectivity index is 1.41. The molecule has 0 unspecified atom stereocenters. The Bertz CT molecular complexity index is 1910. The van der Waals surface area contributed by atoms with E-state index in [1.165, 1.54) is 29.7 Å². The van der Waals surface area contributed by atoms with Crippen LogP contribution in [0.25, 0.3) is 22.5 Å². The van der Waals surface area contributed by atoms with Crippen LogP contribution in [0.15, 0.2) is 54.7 Å². The molecule has 0 bridgehead atoms. The third-order valence-electron chi connectivity index (χ3n) is 8.75. The van der Waals surface area contributed by atoms with Crippen LogP contribution in [0.5, 0.6) is 5.75 Å². The fourth-order valence-corrected chi connectivity index (χ4v) is 5.98. The van der Waals surface area contributed by atoms with Crippen LogP contribution in [0.1, 0.15) is 52.3 Å². The number of amides is 1. The molecule has 0 saturated carbocycles. The summed E-state index contributed by atoms with van der Waals surface area (Å²) in [6.07, 6.45) is -10.4. The van der Waals surface area contributed by atoms with E-state index in [0.29, 0.717) is 51.9 Å². The number of halogens is 6. The van der Waals surface area contributed by atoms with Crippen molar-refractivity contribution >= 4 is 17.9 Å². The molecule has 0 aliphatic carbocycles. The Labute approximate surface area is 275 Å². The lowest BCUT2D eigenvalue weighted by Gasteiger charge is -2.33. The zero-order valence-electron chi connectivity index (χ0n) is 26.3. The highest BCUT2D eigenvalue weighted by atomic mass is 19.4. The topological polar surface area (TPSA) is 110 Å². The first-order valence-electron chi connectivity index (χ1n) is 15.0. The van der Waals surface area contributed by atoms with Crippen molar-refractivity contribution in [2.75, 3.05) is 25.1 Å². The molecule has 2 aliphatic heterocycles. The Morgan fingerprint density at radius 3 is 2.22 bits per heavy atom. The first kappa shape index (κ1) is 33.6. The summed E-state index contributed by atoms with van der Waals surface area (Å²) in [5.74, 6) is 0.217. The number of ether oxygens (including phenoxy) is 2. The standard InChI is InChI=1S/C33H29F6N5O5/c1-17-28(19-11-20(32(34,35)36)14-21(12-19)33(37,38)39)49-31(47)44(17)16-24-22(6-8-27(41-24)43-9-4-10-43)23-13-18(5-7-26(23)48-3)29-40-15-25(30(45)46)42(29)2/h5-8,11-15,17,28H,4,9-10,16H2,1-3H3,(H,45,46)/t17-,28-/m0/s1. The highest BCUT2D eigenvalue weighted by molar-refractivity contribution is 5.87. The van der Waals surface area contributed by atoms with Gasteiger partial charge in [0, 0.05) is 36.8 Å². The van der Waals surface area contributed by atoms with Gasteiger partial charge in [0.1, 0.15) is 29.2 Å². The summed E-state index contributed by atoms with van der Waals surface area (Å²) in [5.41, 5.74) is -1.58. The number of hydrogen-bond acceptors (Lipinski definition) is 7. The van der Waals surface area contributed by atoms with Crippen LogP contribution in [0.2, 0.25) is 0 Å². The summed E-state index contributed by atoms with van der Waals surface area (Å²) in [6, 6.07) is 8.83. The van der Waals surface area contributed by atoms with Gasteiger partial charge in [-0.15, -0.1) is 0 Å². The Hall–Kier alpha value is -5.28. The maximum Gasteiger partial charge on any atom is 0.416 e. The van der Waals surface area contributed by atoms with E-state index in [2.05, 4.69) is 4.98 Å². The first-order valence-corrected chi connectivity index (χ1v) is 15.0. The SMILES string of the molecule is COc1ccc(-c2ncc(C(=O)O)n2C)cc1-c1ccc(N2CCC2)nc1CN1C(=O)O[C@H](c2cc(C(F)(F)F)cc(C(F)(F)F)c2)[C@@H]1C. The highest BCUT2D eigenvalue weighted by Crippen LogP contribution is 2.42. The third kappa shape index (κ3) is 6.34. The minimum Gasteiger partial charge on any atom is -0.496 e. The van der Waals surface area contributed by atoms with E-state index < -0.39 is 53.3 Å². The average molecular weight is 690 g/mol. The molecule has 0 radical (unpaired) electrons. The number of rotatable bonds is 8. The number of nitrogens with zero attached hydrogens (tertiary/aromatic N) is 5. The predicted octanol–water partition coefficient (Wildman–Crippen LogP) is 7.19. The molecule has 4 aromatic rings. The molecule has 2 aliphatic rings. The van der Waals surface area contributed by atoms with Crippen molar-refractivity contribution in [1.29, 1.82) is 0 Å². The fourth-order valence-electron chi connectivity index (χ4n) is 5.98. The monoisotopic (exact) mass is 689 g/mol. The van der Waals surface area contributed by atoms with Gasteiger partial charge in [0.25, 0.3) is 0 Å². The molecule has 2 aromatic heterocycles. The molecule has 258 valence electrons. The lowest BCUT2D eigenvalue weighted by molar-refractivity contribution is -0.143. The van der Waals surface area contributed by atoms with Crippen molar-refractivity contribution in [3.05, 3.63) is 82.8 Å². The fraction of sp³-hybridized carbons (Fsp3) is 0.333. The second-order valence-corrected chi connectivity index (χ2v) is 11.8. The second-order valence-electron chi connectivity index (χ2n) is 11.8. The minimum atomic E-state index is -5.07. The number of imidazole rings is 1. The van der Waals surface area contributed by atoms with Gasteiger partial charge in [0.05, 0.1) is 42.7 Å². The van der Waals surface area contributed by atoms with E-state index in [0.717, 1.165) is 19.5 Å². The van der Waals surface area contributed by atoms with Gasteiger partial charge >= 0.3 is 24.4 Å². The summed E-state index contributed by atoms with van der Waals surface area (Å²) < 4.78 is 94.2. The summed E-state index contributed by atoms with van der Waals surface area (Å²) in [6.45, 7) is 2.76. The van der Waals surface area contributed by atoms with Crippen molar-refractivity contribution in [2.45, 2.75) is 44.4 Å². The number of carboxylic acids is 1. The Morgan fingerprint density at radius 2 is 1.67 bits per heavy atom. The van der Waals surface area contributed by atoms with Gasteiger partial charge in [-0.3, -0.25) is 4.90 Å². The van der Waals surface area contributed by atoms with Crippen LogP contribution in [0, 0.1) is 0 Å². The Morgan fingerprint density at radius 1 is 1.00 bits per heavy atom. The van der Waals surface area contributed by atoms with Gasteiger partial charge in [-0.1, -0.05) is 0 Å². The van der Waals surface area contributed by atoms with Crippen LogP contribution in [0.4, 0.5) is 37.0 Å². The lowest BCUT2D eigenvalue weighted by atomic mass is 9.96. The van der Waals surface area contributed by atoms with Gasteiger partial charge in [-0.05, 0) is 67.4 Å². The lowest BCUT2D eigenvalue weighted by Crippen LogP contribution is -2.38. The molecule has 2 saturated heterocycles.